The molecule has 0 spiro atoms. The molecule has 5 nitrogen and oxygen atoms in total. The largest absolute Gasteiger partial charge is 0.465 e. The van der Waals surface area contributed by atoms with Gasteiger partial charge in [0, 0.05) is 13.2 Å². The molecule has 1 amide bonds. The molecule has 0 atom stereocenters. The zero-order chi connectivity index (χ0) is 14.1. The van der Waals surface area contributed by atoms with Gasteiger partial charge < -0.3 is 21.1 Å². The molecule has 0 aliphatic carbocycles. The number of primary amides is 1. The number of benzene rings is 1. The third kappa shape index (κ3) is 5.65. The number of aliphatic hydroxyl groups excluding tert-OH is 2. The molecular formula is C13H21NO4. The first-order valence-electron chi connectivity index (χ1n) is 5.72. The lowest BCUT2D eigenvalue weighted by Gasteiger charge is -2.12. The Labute approximate surface area is 107 Å². The van der Waals surface area contributed by atoms with Gasteiger partial charge in [-0.25, -0.2) is 4.79 Å². The second kappa shape index (κ2) is 8.49. The third-order valence-electron chi connectivity index (χ3n) is 2.69. The minimum absolute atomic E-state index is 0.183. The second-order valence-electron chi connectivity index (χ2n) is 3.93. The van der Waals surface area contributed by atoms with E-state index in [1.807, 2.05) is 0 Å². The summed E-state index contributed by atoms with van der Waals surface area (Å²) in [5.41, 5.74) is 8.87. The van der Waals surface area contributed by atoms with Crippen LogP contribution in [0.3, 0.4) is 0 Å². The van der Waals surface area contributed by atoms with Gasteiger partial charge in [0.05, 0.1) is 0 Å². The average Bonchev–Trinajstić information content (AvgIpc) is 2.28. The van der Waals surface area contributed by atoms with Gasteiger partial charge in [-0.2, -0.15) is 0 Å². The van der Waals surface area contributed by atoms with E-state index < -0.39 is 6.09 Å². The van der Waals surface area contributed by atoms with Crippen molar-refractivity contribution in [3.05, 3.63) is 34.4 Å². The maximum absolute atomic E-state index is 8.94. The molecular weight excluding hydrogens is 234 g/mol. The number of aliphatic hydroxyl groups is 2. The first-order valence-corrected chi connectivity index (χ1v) is 5.72. The molecule has 0 unspecified atom stereocenters. The van der Waals surface area contributed by atoms with Crippen molar-refractivity contribution < 1.29 is 20.1 Å². The number of rotatable bonds is 4. The fraction of sp³-hybridized carbons (Fsp3) is 0.462. The van der Waals surface area contributed by atoms with Crippen molar-refractivity contribution in [1.29, 1.82) is 0 Å². The average molecular weight is 255 g/mol. The van der Waals surface area contributed by atoms with E-state index >= 15 is 0 Å². The van der Waals surface area contributed by atoms with E-state index in [1.165, 1.54) is 22.3 Å². The predicted octanol–water partition coefficient (Wildman–Crippen LogP) is 0.996. The van der Waals surface area contributed by atoms with Crippen molar-refractivity contribution in [2.75, 3.05) is 13.2 Å². The smallest absolute Gasteiger partial charge is 0.402 e. The minimum Gasteiger partial charge on any atom is -0.465 e. The molecule has 0 saturated heterocycles. The van der Waals surface area contributed by atoms with Crippen LogP contribution in [0.4, 0.5) is 4.79 Å². The molecule has 0 bridgehead atoms. The van der Waals surface area contributed by atoms with Crippen LogP contribution < -0.4 is 5.73 Å². The Hall–Kier alpha value is -1.59. The van der Waals surface area contributed by atoms with Crippen molar-refractivity contribution >= 4 is 6.09 Å². The van der Waals surface area contributed by atoms with Gasteiger partial charge in [0.1, 0.15) is 0 Å². The first kappa shape index (κ1) is 16.4. The fourth-order valence-electron chi connectivity index (χ4n) is 1.83. The van der Waals surface area contributed by atoms with Crippen LogP contribution in [-0.2, 0) is 12.8 Å². The van der Waals surface area contributed by atoms with Crippen molar-refractivity contribution in [1.82, 2.24) is 0 Å². The normalized spacial score (nSPS) is 9.56. The Morgan fingerprint density at radius 1 is 1.17 bits per heavy atom. The molecule has 0 heterocycles. The zero-order valence-electron chi connectivity index (χ0n) is 10.8. The van der Waals surface area contributed by atoms with Gasteiger partial charge in [-0.1, -0.05) is 12.1 Å². The number of aryl methyl sites for hydroxylation is 1. The summed E-state index contributed by atoms with van der Waals surface area (Å²) in [4.78, 5) is 8.78. The summed E-state index contributed by atoms with van der Waals surface area (Å²) in [7, 11) is 0. The summed E-state index contributed by atoms with van der Waals surface area (Å²) < 4.78 is 0. The van der Waals surface area contributed by atoms with E-state index in [-0.39, 0.29) is 13.2 Å². The molecule has 0 aromatic heterocycles. The van der Waals surface area contributed by atoms with Crippen molar-refractivity contribution in [2.45, 2.75) is 26.7 Å². The third-order valence-corrected chi connectivity index (χ3v) is 2.69. The summed E-state index contributed by atoms with van der Waals surface area (Å²) in [6.07, 6.45) is 0.0709. The van der Waals surface area contributed by atoms with E-state index in [1.54, 1.807) is 0 Å². The summed E-state index contributed by atoms with van der Waals surface area (Å²) in [5, 5.41) is 25.0. The maximum Gasteiger partial charge on any atom is 0.402 e. The number of nitrogens with two attached hydrogens (primary N) is 1. The Morgan fingerprint density at radius 3 is 2.11 bits per heavy atom. The Morgan fingerprint density at radius 2 is 1.67 bits per heavy atom. The van der Waals surface area contributed by atoms with E-state index in [0.717, 1.165) is 0 Å². The number of hydrogen-bond acceptors (Lipinski definition) is 3. The molecule has 0 aliphatic heterocycles. The van der Waals surface area contributed by atoms with Gasteiger partial charge in [0.25, 0.3) is 0 Å². The highest BCUT2D eigenvalue weighted by Crippen LogP contribution is 2.19. The highest BCUT2D eigenvalue weighted by Gasteiger charge is 2.06. The molecule has 102 valence electrons. The van der Waals surface area contributed by atoms with Crippen LogP contribution in [0.25, 0.3) is 0 Å². The predicted molar refractivity (Wildman–Crippen MR) is 69.7 cm³/mol. The lowest BCUT2D eigenvalue weighted by atomic mass is 9.94. The molecule has 0 fully saturated rings. The van der Waals surface area contributed by atoms with Gasteiger partial charge in [-0.3, -0.25) is 0 Å². The van der Waals surface area contributed by atoms with Gasteiger partial charge in [0.15, 0.2) is 0 Å². The standard InChI is InChI=1S/C12H18O2.CH3NO2/c1-9-3-4-11(5-7-13)10(2)12(9)6-8-14;2-1(3)4/h3-4,13-14H,5-8H2,1-2H3;2H2,(H,3,4). The summed E-state index contributed by atoms with van der Waals surface area (Å²) >= 11 is 0. The number of amides is 1. The first-order chi connectivity index (χ1) is 8.43. The number of hydrogen-bond donors (Lipinski definition) is 4. The molecule has 18 heavy (non-hydrogen) atoms. The summed E-state index contributed by atoms with van der Waals surface area (Å²) in [6.45, 7) is 4.48. The van der Waals surface area contributed by atoms with Crippen molar-refractivity contribution in [3.63, 3.8) is 0 Å². The van der Waals surface area contributed by atoms with Gasteiger partial charge in [-0.05, 0) is 48.9 Å². The van der Waals surface area contributed by atoms with Crippen LogP contribution in [-0.4, -0.2) is 34.6 Å². The Bertz CT molecular complexity index is 387. The molecule has 0 aliphatic rings. The molecule has 5 heteroatoms. The molecule has 1 aromatic carbocycles. The van der Waals surface area contributed by atoms with Crippen LogP contribution in [0.1, 0.15) is 22.3 Å². The lowest BCUT2D eigenvalue weighted by molar-refractivity contribution is 0.205. The topological polar surface area (TPSA) is 104 Å². The van der Waals surface area contributed by atoms with Crippen LogP contribution in [0.5, 0.6) is 0 Å². The van der Waals surface area contributed by atoms with Gasteiger partial charge >= 0.3 is 6.09 Å². The summed E-state index contributed by atoms with van der Waals surface area (Å²) in [6, 6.07) is 4.12. The lowest BCUT2D eigenvalue weighted by Crippen LogP contribution is -2.03. The molecule has 5 N–H and O–H groups in total. The monoisotopic (exact) mass is 255 g/mol. The number of carbonyl (C=O) groups is 1. The second-order valence-corrected chi connectivity index (χ2v) is 3.93. The molecule has 0 saturated carbocycles. The highest BCUT2D eigenvalue weighted by molar-refractivity contribution is 5.61. The molecule has 0 radical (unpaired) electrons. The van der Waals surface area contributed by atoms with E-state index in [0.29, 0.717) is 12.8 Å². The number of carboxylic acid groups (broad SMARTS) is 1. The van der Waals surface area contributed by atoms with E-state index in [9.17, 15) is 0 Å². The summed E-state index contributed by atoms with van der Waals surface area (Å²) in [5.74, 6) is 0. The van der Waals surface area contributed by atoms with Crippen LogP contribution in [0.15, 0.2) is 12.1 Å². The van der Waals surface area contributed by atoms with Gasteiger partial charge in [0.2, 0.25) is 0 Å². The van der Waals surface area contributed by atoms with Crippen molar-refractivity contribution in [2.24, 2.45) is 5.73 Å². The SMILES string of the molecule is Cc1ccc(CCO)c(C)c1CCO.NC(=O)O. The van der Waals surface area contributed by atoms with E-state index in [2.05, 4.69) is 31.7 Å². The van der Waals surface area contributed by atoms with Crippen molar-refractivity contribution in [3.8, 4) is 0 Å². The van der Waals surface area contributed by atoms with Crippen LogP contribution in [0, 0.1) is 13.8 Å². The molecule has 1 aromatic rings. The molecule has 1 rings (SSSR count). The van der Waals surface area contributed by atoms with Crippen LogP contribution in [0.2, 0.25) is 0 Å². The Balaban J connectivity index is 0.000000631. The van der Waals surface area contributed by atoms with Crippen LogP contribution >= 0.6 is 0 Å². The maximum atomic E-state index is 8.94. The zero-order valence-corrected chi connectivity index (χ0v) is 10.8. The Kier molecular flexibility index (Phi) is 7.74. The highest BCUT2D eigenvalue weighted by atomic mass is 16.4. The minimum atomic E-state index is -1.33. The van der Waals surface area contributed by atoms with Gasteiger partial charge in [-0.15, -0.1) is 0 Å². The van der Waals surface area contributed by atoms with E-state index in [4.69, 9.17) is 20.1 Å². The quantitative estimate of drug-likeness (QED) is 0.644. The fourth-order valence-corrected chi connectivity index (χ4v) is 1.83.